The first-order valence-electron chi connectivity index (χ1n) is 6.40. The van der Waals surface area contributed by atoms with Crippen LogP contribution in [0.5, 0.6) is 0 Å². The lowest BCUT2D eigenvalue weighted by Crippen LogP contribution is -2.12. The quantitative estimate of drug-likeness (QED) is 0.632. The fourth-order valence-electron chi connectivity index (χ4n) is 2.08. The molecule has 2 aromatic rings. The lowest BCUT2D eigenvalue weighted by Gasteiger charge is -2.21. The molecule has 0 fully saturated rings. The van der Waals surface area contributed by atoms with E-state index in [0.29, 0.717) is 0 Å². The largest absolute Gasteiger partial charge is 0.0622 e. The van der Waals surface area contributed by atoms with Crippen molar-refractivity contribution < 1.29 is 0 Å². The maximum atomic E-state index is 2.25. The van der Waals surface area contributed by atoms with Crippen LogP contribution in [0.2, 0.25) is 0 Å². The van der Waals surface area contributed by atoms with Gasteiger partial charge in [0.25, 0.3) is 0 Å². The Bertz CT molecular complexity index is 527. The van der Waals surface area contributed by atoms with Crippen LogP contribution in [-0.4, -0.2) is 0 Å². The molecule has 0 nitrogen and oxygen atoms in total. The second kappa shape index (κ2) is 5.22. The van der Waals surface area contributed by atoms with E-state index < -0.39 is 0 Å². The molecule has 0 saturated heterocycles. The fourth-order valence-corrected chi connectivity index (χ4v) is 2.08. The Morgan fingerprint density at radius 2 is 1.33 bits per heavy atom. The van der Waals surface area contributed by atoms with E-state index >= 15 is 0 Å². The van der Waals surface area contributed by atoms with Crippen LogP contribution < -0.4 is 0 Å². The van der Waals surface area contributed by atoms with E-state index in [1.807, 2.05) is 6.07 Å². The molecule has 0 radical (unpaired) electrons. The zero-order chi connectivity index (χ0) is 13.0. The number of hydrogen-bond acceptors (Lipinski definition) is 0. The molecule has 2 rings (SSSR count). The predicted octanol–water partition coefficient (Wildman–Crippen LogP) is 5.15. The van der Waals surface area contributed by atoms with Gasteiger partial charge in [0.1, 0.15) is 0 Å². The second-order valence-corrected chi connectivity index (χ2v) is 5.58. The highest BCUT2D eigenvalue weighted by molar-refractivity contribution is 5.71. The number of hydrogen-bond donors (Lipinski definition) is 0. The first kappa shape index (κ1) is 12.6. The van der Waals surface area contributed by atoms with Crippen molar-refractivity contribution in [3.8, 4) is 0 Å². The molecule has 0 aromatic heterocycles. The van der Waals surface area contributed by atoms with Gasteiger partial charge in [-0.15, -0.1) is 0 Å². The van der Waals surface area contributed by atoms with Gasteiger partial charge >= 0.3 is 0 Å². The van der Waals surface area contributed by atoms with E-state index in [1.54, 1.807) is 0 Å². The summed E-state index contributed by atoms with van der Waals surface area (Å²) in [6.07, 6.45) is 4.38. The van der Waals surface area contributed by atoms with Crippen LogP contribution in [0, 0.1) is 0 Å². The number of benzene rings is 2. The average molecular weight is 236 g/mol. The maximum Gasteiger partial charge on any atom is -0.0126 e. The third kappa shape index (κ3) is 3.10. The monoisotopic (exact) mass is 236 g/mol. The van der Waals surface area contributed by atoms with Gasteiger partial charge in [-0.25, -0.2) is 0 Å². The Labute approximate surface area is 110 Å². The van der Waals surface area contributed by atoms with Gasteiger partial charge in [0, 0.05) is 0 Å². The molecule has 0 N–H and O–H groups in total. The van der Waals surface area contributed by atoms with E-state index in [0.717, 1.165) is 0 Å². The topological polar surface area (TPSA) is 0 Å². The molecule has 0 saturated carbocycles. The summed E-state index contributed by atoms with van der Waals surface area (Å²) in [6, 6.07) is 19.0. The average Bonchev–Trinajstić information content (AvgIpc) is 2.37. The van der Waals surface area contributed by atoms with E-state index in [1.165, 1.54) is 16.7 Å². The Kier molecular flexibility index (Phi) is 3.66. The molecule has 0 spiro atoms. The highest BCUT2D eigenvalue weighted by atomic mass is 14.2. The van der Waals surface area contributed by atoms with Gasteiger partial charge in [0.05, 0.1) is 0 Å². The lowest BCUT2D eigenvalue weighted by atomic mass is 9.83. The summed E-state index contributed by atoms with van der Waals surface area (Å²) < 4.78 is 0. The molecule has 0 amide bonds. The van der Waals surface area contributed by atoms with Crippen molar-refractivity contribution in [1.29, 1.82) is 0 Å². The third-order valence-electron chi connectivity index (χ3n) is 3.02. The van der Waals surface area contributed by atoms with E-state index in [-0.39, 0.29) is 5.41 Å². The van der Waals surface area contributed by atoms with E-state index in [9.17, 15) is 0 Å². The van der Waals surface area contributed by atoms with Crippen molar-refractivity contribution in [2.24, 2.45) is 0 Å². The molecule has 0 aliphatic rings. The van der Waals surface area contributed by atoms with E-state index in [4.69, 9.17) is 0 Å². The van der Waals surface area contributed by atoms with Crippen molar-refractivity contribution >= 4 is 12.2 Å². The smallest absolute Gasteiger partial charge is 0.0126 e. The van der Waals surface area contributed by atoms with Crippen molar-refractivity contribution in [3.05, 3.63) is 71.3 Å². The minimum absolute atomic E-state index is 0.178. The van der Waals surface area contributed by atoms with Gasteiger partial charge in [-0.1, -0.05) is 87.5 Å². The Morgan fingerprint density at radius 1 is 0.722 bits per heavy atom. The molecule has 0 bridgehead atoms. The molecule has 0 aliphatic carbocycles. The molecule has 18 heavy (non-hydrogen) atoms. The Morgan fingerprint density at radius 3 is 2.00 bits per heavy atom. The fraction of sp³-hybridized carbons (Fsp3) is 0.222. The second-order valence-electron chi connectivity index (χ2n) is 5.58. The summed E-state index contributed by atoms with van der Waals surface area (Å²) in [5.41, 5.74) is 4.10. The molecular formula is C18H20. The lowest BCUT2D eigenvalue weighted by molar-refractivity contribution is 0.589. The van der Waals surface area contributed by atoms with Crippen molar-refractivity contribution in [1.82, 2.24) is 0 Å². The number of rotatable bonds is 2. The normalized spacial score (nSPS) is 11.9. The summed E-state index contributed by atoms with van der Waals surface area (Å²) in [7, 11) is 0. The minimum atomic E-state index is 0.178. The van der Waals surface area contributed by atoms with Crippen LogP contribution in [0.1, 0.15) is 37.5 Å². The molecule has 2 aromatic carbocycles. The minimum Gasteiger partial charge on any atom is -0.0622 e. The molecule has 0 heteroatoms. The Hall–Kier alpha value is -1.82. The highest BCUT2D eigenvalue weighted by Crippen LogP contribution is 2.26. The molecule has 0 aliphatic heterocycles. The van der Waals surface area contributed by atoms with Gasteiger partial charge in [-0.2, -0.15) is 0 Å². The maximum absolute atomic E-state index is 2.25. The predicted molar refractivity (Wildman–Crippen MR) is 80.5 cm³/mol. The zero-order valence-electron chi connectivity index (χ0n) is 11.4. The van der Waals surface area contributed by atoms with Crippen molar-refractivity contribution in [2.75, 3.05) is 0 Å². The van der Waals surface area contributed by atoms with Crippen molar-refractivity contribution in [3.63, 3.8) is 0 Å². The molecule has 0 heterocycles. The molecule has 0 atom stereocenters. The SMILES string of the molecule is CC(C)(C)c1ccccc1/C=C/c1ccccc1. The standard InChI is InChI=1S/C18H20/c1-18(2,3)17-12-8-7-11-16(17)14-13-15-9-5-4-6-10-15/h4-14H,1-3H3/b14-13+. The summed E-state index contributed by atoms with van der Waals surface area (Å²) in [4.78, 5) is 0. The zero-order valence-corrected chi connectivity index (χ0v) is 11.4. The summed E-state index contributed by atoms with van der Waals surface area (Å²) in [6.45, 7) is 6.76. The third-order valence-corrected chi connectivity index (χ3v) is 3.02. The summed E-state index contributed by atoms with van der Waals surface area (Å²) in [5, 5.41) is 0. The first-order valence-corrected chi connectivity index (χ1v) is 6.40. The van der Waals surface area contributed by atoms with Gasteiger partial charge in [-0.05, 0) is 22.1 Å². The highest BCUT2D eigenvalue weighted by Gasteiger charge is 2.15. The van der Waals surface area contributed by atoms with Gasteiger partial charge < -0.3 is 0 Å². The van der Waals surface area contributed by atoms with Gasteiger partial charge in [-0.3, -0.25) is 0 Å². The molecular weight excluding hydrogens is 216 g/mol. The Balaban J connectivity index is 2.33. The van der Waals surface area contributed by atoms with Crippen LogP contribution in [0.25, 0.3) is 12.2 Å². The van der Waals surface area contributed by atoms with Crippen LogP contribution in [0.4, 0.5) is 0 Å². The summed E-state index contributed by atoms with van der Waals surface area (Å²) in [5.74, 6) is 0. The van der Waals surface area contributed by atoms with E-state index in [2.05, 4.69) is 81.5 Å². The van der Waals surface area contributed by atoms with Crippen LogP contribution >= 0.6 is 0 Å². The first-order chi connectivity index (χ1) is 8.57. The molecule has 0 unspecified atom stereocenters. The molecule has 92 valence electrons. The van der Waals surface area contributed by atoms with Gasteiger partial charge in [0.2, 0.25) is 0 Å². The van der Waals surface area contributed by atoms with Crippen LogP contribution in [0.15, 0.2) is 54.6 Å². The van der Waals surface area contributed by atoms with Crippen LogP contribution in [0.3, 0.4) is 0 Å². The van der Waals surface area contributed by atoms with Crippen molar-refractivity contribution in [2.45, 2.75) is 26.2 Å². The van der Waals surface area contributed by atoms with Gasteiger partial charge in [0.15, 0.2) is 0 Å². The van der Waals surface area contributed by atoms with Crippen LogP contribution in [-0.2, 0) is 5.41 Å². The summed E-state index contributed by atoms with van der Waals surface area (Å²) >= 11 is 0.